The summed E-state index contributed by atoms with van der Waals surface area (Å²) in [5.41, 5.74) is 1.29. The SMILES string of the molecule is CCC(NCC(C)CSC)c1cccc(Cl)c1. The average molecular weight is 272 g/mol. The standard InChI is InChI=1S/C14H22ClNS/c1-4-14(16-9-11(2)10-17-3)12-6-5-7-13(15)8-12/h5-8,11,14,16H,4,9-10H2,1-3H3. The molecule has 0 aliphatic heterocycles. The monoisotopic (exact) mass is 271 g/mol. The minimum absolute atomic E-state index is 0.415. The lowest BCUT2D eigenvalue weighted by atomic mass is 10.0. The number of halogens is 1. The molecule has 0 aliphatic rings. The second-order valence-electron chi connectivity index (χ2n) is 4.48. The second kappa shape index (κ2) is 8.02. The first kappa shape index (κ1) is 14.9. The predicted molar refractivity (Wildman–Crippen MR) is 80.0 cm³/mol. The van der Waals surface area contributed by atoms with Gasteiger partial charge in [0.1, 0.15) is 0 Å². The molecule has 1 aromatic carbocycles. The van der Waals surface area contributed by atoms with Crippen molar-refractivity contribution in [2.24, 2.45) is 5.92 Å². The van der Waals surface area contributed by atoms with E-state index in [0.717, 1.165) is 18.0 Å². The Kier molecular flexibility index (Phi) is 7.02. The minimum Gasteiger partial charge on any atom is -0.310 e. The van der Waals surface area contributed by atoms with E-state index in [1.54, 1.807) is 0 Å². The highest BCUT2D eigenvalue weighted by molar-refractivity contribution is 7.98. The molecule has 0 saturated carbocycles. The van der Waals surface area contributed by atoms with E-state index in [-0.39, 0.29) is 0 Å². The van der Waals surface area contributed by atoms with Crippen molar-refractivity contribution < 1.29 is 0 Å². The number of benzene rings is 1. The van der Waals surface area contributed by atoms with Crippen LogP contribution in [0.5, 0.6) is 0 Å². The Balaban J connectivity index is 2.54. The molecular weight excluding hydrogens is 250 g/mol. The molecule has 1 N–H and O–H groups in total. The van der Waals surface area contributed by atoms with Gasteiger partial charge in [0.25, 0.3) is 0 Å². The molecule has 1 rings (SSSR count). The van der Waals surface area contributed by atoms with Gasteiger partial charge in [-0.15, -0.1) is 0 Å². The summed E-state index contributed by atoms with van der Waals surface area (Å²) in [5, 5.41) is 4.44. The molecule has 0 fully saturated rings. The fourth-order valence-electron chi connectivity index (χ4n) is 1.91. The number of hydrogen-bond donors (Lipinski definition) is 1. The largest absolute Gasteiger partial charge is 0.310 e. The molecule has 0 aromatic heterocycles. The maximum absolute atomic E-state index is 6.03. The number of hydrogen-bond acceptors (Lipinski definition) is 2. The Morgan fingerprint density at radius 2 is 2.18 bits per heavy atom. The highest BCUT2D eigenvalue weighted by atomic mass is 35.5. The van der Waals surface area contributed by atoms with Crippen LogP contribution in [-0.4, -0.2) is 18.6 Å². The van der Waals surface area contributed by atoms with Gasteiger partial charge >= 0.3 is 0 Å². The summed E-state index contributed by atoms with van der Waals surface area (Å²) in [7, 11) is 0. The van der Waals surface area contributed by atoms with Gasteiger partial charge in [0.2, 0.25) is 0 Å². The first-order valence-corrected chi connectivity index (χ1v) is 7.92. The van der Waals surface area contributed by atoms with Crippen LogP contribution in [0.1, 0.15) is 31.9 Å². The van der Waals surface area contributed by atoms with Gasteiger partial charge in [-0.3, -0.25) is 0 Å². The normalized spacial score (nSPS) is 14.6. The summed E-state index contributed by atoms with van der Waals surface area (Å²) in [6, 6.07) is 8.56. The smallest absolute Gasteiger partial charge is 0.0409 e. The van der Waals surface area contributed by atoms with Crippen molar-refractivity contribution in [1.29, 1.82) is 0 Å². The molecule has 17 heavy (non-hydrogen) atoms. The maximum atomic E-state index is 6.03. The van der Waals surface area contributed by atoms with Crippen LogP contribution in [0, 0.1) is 5.92 Å². The zero-order valence-electron chi connectivity index (χ0n) is 10.9. The van der Waals surface area contributed by atoms with Crippen molar-refractivity contribution in [3.63, 3.8) is 0 Å². The maximum Gasteiger partial charge on any atom is 0.0409 e. The Labute approximate surface area is 114 Å². The summed E-state index contributed by atoms with van der Waals surface area (Å²) in [5.74, 6) is 1.91. The van der Waals surface area contributed by atoms with Crippen molar-refractivity contribution in [3.05, 3.63) is 34.9 Å². The van der Waals surface area contributed by atoms with Crippen LogP contribution in [0.3, 0.4) is 0 Å². The van der Waals surface area contributed by atoms with E-state index >= 15 is 0 Å². The molecular formula is C14H22ClNS. The van der Waals surface area contributed by atoms with Gasteiger partial charge in [-0.25, -0.2) is 0 Å². The molecule has 0 bridgehead atoms. The third-order valence-electron chi connectivity index (χ3n) is 2.82. The fourth-order valence-corrected chi connectivity index (χ4v) is 2.79. The van der Waals surface area contributed by atoms with E-state index in [4.69, 9.17) is 11.6 Å². The van der Waals surface area contributed by atoms with Crippen molar-refractivity contribution in [2.45, 2.75) is 26.3 Å². The summed E-state index contributed by atoms with van der Waals surface area (Å²) >= 11 is 7.93. The van der Waals surface area contributed by atoms with Gasteiger partial charge in [-0.2, -0.15) is 11.8 Å². The molecule has 2 atom stereocenters. The zero-order chi connectivity index (χ0) is 12.7. The van der Waals surface area contributed by atoms with Crippen molar-refractivity contribution >= 4 is 23.4 Å². The van der Waals surface area contributed by atoms with Crippen molar-refractivity contribution in [1.82, 2.24) is 5.32 Å². The zero-order valence-corrected chi connectivity index (χ0v) is 12.4. The van der Waals surface area contributed by atoms with E-state index in [1.165, 1.54) is 11.3 Å². The number of nitrogens with one attached hydrogen (secondary N) is 1. The van der Waals surface area contributed by atoms with Crippen LogP contribution in [0.15, 0.2) is 24.3 Å². The van der Waals surface area contributed by atoms with Gasteiger partial charge in [0, 0.05) is 11.1 Å². The number of thioether (sulfide) groups is 1. The predicted octanol–water partition coefficient (Wildman–Crippen LogP) is 4.38. The van der Waals surface area contributed by atoms with Gasteiger partial charge in [0.15, 0.2) is 0 Å². The molecule has 1 aromatic rings. The Bertz CT molecular complexity index is 330. The first-order valence-electron chi connectivity index (χ1n) is 6.15. The fraction of sp³-hybridized carbons (Fsp3) is 0.571. The summed E-state index contributed by atoms with van der Waals surface area (Å²) < 4.78 is 0. The highest BCUT2D eigenvalue weighted by Crippen LogP contribution is 2.20. The van der Waals surface area contributed by atoms with Gasteiger partial charge < -0.3 is 5.32 Å². The molecule has 3 heteroatoms. The number of rotatable bonds is 7. The molecule has 0 saturated heterocycles. The summed E-state index contributed by atoms with van der Waals surface area (Å²) in [4.78, 5) is 0. The van der Waals surface area contributed by atoms with Crippen LogP contribution in [0.4, 0.5) is 0 Å². The third kappa shape index (κ3) is 5.33. The Morgan fingerprint density at radius 1 is 1.41 bits per heavy atom. The van der Waals surface area contributed by atoms with Crippen molar-refractivity contribution in [3.8, 4) is 0 Å². The van der Waals surface area contributed by atoms with Crippen LogP contribution in [0.2, 0.25) is 5.02 Å². The summed E-state index contributed by atoms with van der Waals surface area (Å²) in [6.45, 7) is 5.55. The molecule has 0 spiro atoms. The third-order valence-corrected chi connectivity index (χ3v) is 3.96. The van der Waals surface area contributed by atoms with E-state index in [0.29, 0.717) is 12.0 Å². The molecule has 1 nitrogen and oxygen atoms in total. The van der Waals surface area contributed by atoms with Crippen LogP contribution in [0.25, 0.3) is 0 Å². The van der Waals surface area contributed by atoms with Crippen molar-refractivity contribution in [2.75, 3.05) is 18.6 Å². The molecule has 0 amide bonds. The van der Waals surface area contributed by atoms with E-state index in [9.17, 15) is 0 Å². The molecule has 0 radical (unpaired) electrons. The molecule has 0 heterocycles. The summed E-state index contributed by atoms with van der Waals surface area (Å²) in [6.07, 6.45) is 3.25. The van der Waals surface area contributed by atoms with Crippen LogP contribution < -0.4 is 5.32 Å². The Hall–Kier alpha value is -0.180. The second-order valence-corrected chi connectivity index (χ2v) is 5.83. The van der Waals surface area contributed by atoms with Gasteiger partial charge in [-0.1, -0.05) is 37.6 Å². The van der Waals surface area contributed by atoms with Gasteiger partial charge in [-0.05, 0) is 48.6 Å². The lowest BCUT2D eigenvalue weighted by Crippen LogP contribution is -2.26. The van der Waals surface area contributed by atoms with E-state index in [2.05, 4.69) is 37.6 Å². The topological polar surface area (TPSA) is 12.0 Å². The van der Waals surface area contributed by atoms with Crippen LogP contribution >= 0.6 is 23.4 Å². The average Bonchev–Trinajstić information content (AvgIpc) is 2.30. The quantitative estimate of drug-likeness (QED) is 0.790. The first-order chi connectivity index (χ1) is 8.17. The van der Waals surface area contributed by atoms with E-state index in [1.807, 2.05) is 23.9 Å². The van der Waals surface area contributed by atoms with Gasteiger partial charge in [0.05, 0.1) is 0 Å². The Morgan fingerprint density at radius 3 is 2.76 bits per heavy atom. The molecule has 96 valence electrons. The van der Waals surface area contributed by atoms with E-state index < -0.39 is 0 Å². The lowest BCUT2D eigenvalue weighted by Gasteiger charge is -2.20. The molecule has 0 aliphatic carbocycles. The lowest BCUT2D eigenvalue weighted by molar-refractivity contribution is 0.468. The minimum atomic E-state index is 0.415. The molecule has 2 unspecified atom stereocenters. The highest BCUT2D eigenvalue weighted by Gasteiger charge is 2.10. The van der Waals surface area contributed by atoms with Crippen LogP contribution in [-0.2, 0) is 0 Å².